The first-order chi connectivity index (χ1) is 5.84. The summed E-state index contributed by atoms with van der Waals surface area (Å²) in [6.45, 7) is 4.33. The maximum atomic E-state index is 2.26. The van der Waals surface area contributed by atoms with E-state index in [4.69, 9.17) is 0 Å². The molecule has 0 heteroatoms. The lowest BCUT2D eigenvalue weighted by Gasteiger charge is -2.07. The maximum absolute atomic E-state index is 2.26. The molecule has 0 unspecified atom stereocenters. The van der Waals surface area contributed by atoms with Gasteiger partial charge in [-0.2, -0.15) is 0 Å². The molecule has 0 aliphatic carbocycles. The van der Waals surface area contributed by atoms with Gasteiger partial charge in [-0.15, -0.1) is 0 Å². The zero-order valence-electron chi connectivity index (χ0n) is 7.83. The highest BCUT2D eigenvalue weighted by atomic mass is 14.1. The topological polar surface area (TPSA) is 0 Å². The molecule has 12 heavy (non-hydrogen) atoms. The SMILES string of the molecule is C/C=C\C[C@@H](C)c1ccccc1. The molecule has 0 nitrogen and oxygen atoms in total. The summed E-state index contributed by atoms with van der Waals surface area (Å²) in [7, 11) is 0. The van der Waals surface area contributed by atoms with Crippen LogP contribution >= 0.6 is 0 Å². The van der Waals surface area contributed by atoms with E-state index in [9.17, 15) is 0 Å². The minimum atomic E-state index is 0.641. The lowest BCUT2D eigenvalue weighted by atomic mass is 9.98. The molecular formula is C12H16. The third kappa shape index (κ3) is 2.54. The zero-order valence-corrected chi connectivity index (χ0v) is 7.83. The van der Waals surface area contributed by atoms with Gasteiger partial charge in [0.25, 0.3) is 0 Å². The molecule has 0 fully saturated rings. The van der Waals surface area contributed by atoms with Gasteiger partial charge >= 0.3 is 0 Å². The van der Waals surface area contributed by atoms with E-state index in [0.29, 0.717) is 5.92 Å². The smallest absolute Gasteiger partial charge is 0.0156 e. The van der Waals surface area contributed by atoms with Gasteiger partial charge < -0.3 is 0 Å². The molecule has 1 aromatic carbocycles. The van der Waals surface area contributed by atoms with Gasteiger partial charge in [0, 0.05) is 0 Å². The summed E-state index contributed by atoms with van der Waals surface area (Å²) in [5, 5.41) is 0. The summed E-state index contributed by atoms with van der Waals surface area (Å²) in [5.41, 5.74) is 1.43. The van der Waals surface area contributed by atoms with Gasteiger partial charge in [-0.05, 0) is 24.8 Å². The van der Waals surface area contributed by atoms with Crippen LogP contribution in [0.2, 0.25) is 0 Å². The number of rotatable bonds is 3. The van der Waals surface area contributed by atoms with E-state index >= 15 is 0 Å². The Labute approximate surface area is 74.9 Å². The van der Waals surface area contributed by atoms with Crippen LogP contribution in [-0.2, 0) is 0 Å². The molecule has 0 aliphatic heterocycles. The van der Waals surface area contributed by atoms with Crippen molar-refractivity contribution in [1.29, 1.82) is 0 Å². The van der Waals surface area contributed by atoms with Crippen molar-refractivity contribution in [2.45, 2.75) is 26.2 Å². The maximum Gasteiger partial charge on any atom is -0.0156 e. The van der Waals surface area contributed by atoms with Gasteiger partial charge in [-0.25, -0.2) is 0 Å². The van der Waals surface area contributed by atoms with Crippen molar-refractivity contribution < 1.29 is 0 Å². The monoisotopic (exact) mass is 160 g/mol. The number of benzene rings is 1. The fraction of sp³-hybridized carbons (Fsp3) is 0.333. The van der Waals surface area contributed by atoms with Crippen LogP contribution in [0.3, 0.4) is 0 Å². The fourth-order valence-corrected chi connectivity index (χ4v) is 1.26. The molecule has 0 aliphatic rings. The molecule has 0 bridgehead atoms. The highest BCUT2D eigenvalue weighted by Crippen LogP contribution is 2.18. The second kappa shape index (κ2) is 4.76. The summed E-state index contributed by atoms with van der Waals surface area (Å²) < 4.78 is 0. The van der Waals surface area contributed by atoms with Crippen LogP contribution in [0.25, 0.3) is 0 Å². The fourth-order valence-electron chi connectivity index (χ4n) is 1.26. The van der Waals surface area contributed by atoms with E-state index in [0.717, 1.165) is 6.42 Å². The Morgan fingerprint density at radius 1 is 1.25 bits per heavy atom. The average Bonchev–Trinajstić information content (AvgIpc) is 2.15. The van der Waals surface area contributed by atoms with E-state index in [2.05, 4.69) is 56.3 Å². The molecule has 0 amide bonds. The van der Waals surface area contributed by atoms with Gasteiger partial charge in [-0.3, -0.25) is 0 Å². The van der Waals surface area contributed by atoms with Crippen LogP contribution in [-0.4, -0.2) is 0 Å². The Balaban J connectivity index is 2.59. The highest BCUT2D eigenvalue weighted by Gasteiger charge is 2.00. The van der Waals surface area contributed by atoms with Gasteiger partial charge in [-0.1, -0.05) is 49.4 Å². The van der Waals surface area contributed by atoms with E-state index in [1.807, 2.05) is 0 Å². The van der Waals surface area contributed by atoms with E-state index in [-0.39, 0.29) is 0 Å². The predicted octanol–water partition coefficient (Wildman–Crippen LogP) is 3.76. The third-order valence-corrected chi connectivity index (χ3v) is 2.09. The molecule has 1 aromatic rings. The molecule has 0 radical (unpaired) electrons. The molecule has 0 saturated heterocycles. The first kappa shape index (κ1) is 9.05. The predicted molar refractivity (Wildman–Crippen MR) is 54.3 cm³/mol. The second-order valence-electron chi connectivity index (χ2n) is 3.12. The van der Waals surface area contributed by atoms with Crippen molar-refractivity contribution in [3.05, 3.63) is 48.0 Å². The van der Waals surface area contributed by atoms with Crippen molar-refractivity contribution in [1.82, 2.24) is 0 Å². The van der Waals surface area contributed by atoms with Crippen LogP contribution in [0.5, 0.6) is 0 Å². The molecule has 64 valence electrons. The summed E-state index contributed by atoms with van der Waals surface area (Å²) in [6.07, 6.45) is 5.47. The van der Waals surface area contributed by atoms with Crippen molar-refractivity contribution in [3.8, 4) is 0 Å². The Hall–Kier alpha value is -1.04. The van der Waals surface area contributed by atoms with Crippen molar-refractivity contribution >= 4 is 0 Å². The number of hydrogen-bond donors (Lipinski definition) is 0. The van der Waals surface area contributed by atoms with Crippen molar-refractivity contribution in [2.75, 3.05) is 0 Å². The zero-order chi connectivity index (χ0) is 8.81. The van der Waals surface area contributed by atoms with Gasteiger partial charge in [0.1, 0.15) is 0 Å². The lowest BCUT2D eigenvalue weighted by molar-refractivity contribution is 0.780. The molecule has 0 aromatic heterocycles. The summed E-state index contributed by atoms with van der Waals surface area (Å²) >= 11 is 0. The van der Waals surface area contributed by atoms with Crippen LogP contribution in [0, 0.1) is 0 Å². The highest BCUT2D eigenvalue weighted by molar-refractivity contribution is 5.19. The molecule has 0 heterocycles. The van der Waals surface area contributed by atoms with Crippen LogP contribution in [0.15, 0.2) is 42.5 Å². The molecule has 0 spiro atoms. The van der Waals surface area contributed by atoms with E-state index in [1.54, 1.807) is 0 Å². The van der Waals surface area contributed by atoms with E-state index < -0.39 is 0 Å². The first-order valence-electron chi connectivity index (χ1n) is 4.50. The Kier molecular flexibility index (Phi) is 3.59. The minimum Gasteiger partial charge on any atom is -0.0916 e. The minimum absolute atomic E-state index is 0.641. The molecule has 1 atom stereocenters. The summed E-state index contributed by atoms with van der Waals surface area (Å²) in [6, 6.07) is 10.6. The molecular weight excluding hydrogens is 144 g/mol. The normalized spacial score (nSPS) is 13.5. The van der Waals surface area contributed by atoms with Crippen LogP contribution < -0.4 is 0 Å². The van der Waals surface area contributed by atoms with Crippen LogP contribution in [0.4, 0.5) is 0 Å². The largest absolute Gasteiger partial charge is 0.0916 e. The second-order valence-corrected chi connectivity index (χ2v) is 3.12. The standard InChI is InChI=1S/C12H16/c1-3-4-8-11(2)12-9-6-5-7-10-12/h3-7,9-11H,8H2,1-2H3/b4-3-/t11-/m1/s1. The van der Waals surface area contributed by atoms with E-state index in [1.165, 1.54) is 5.56 Å². The number of hydrogen-bond acceptors (Lipinski definition) is 0. The van der Waals surface area contributed by atoms with Crippen molar-refractivity contribution in [2.24, 2.45) is 0 Å². The van der Waals surface area contributed by atoms with Gasteiger partial charge in [0.15, 0.2) is 0 Å². The Morgan fingerprint density at radius 3 is 2.50 bits per heavy atom. The third-order valence-electron chi connectivity index (χ3n) is 2.09. The van der Waals surface area contributed by atoms with Gasteiger partial charge in [0.05, 0.1) is 0 Å². The van der Waals surface area contributed by atoms with Crippen LogP contribution in [0.1, 0.15) is 31.7 Å². The molecule has 1 rings (SSSR count). The van der Waals surface area contributed by atoms with Crippen molar-refractivity contribution in [3.63, 3.8) is 0 Å². The Morgan fingerprint density at radius 2 is 1.92 bits per heavy atom. The summed E-state index contributed by atoms with van der Waals surface area (Å²) in [4.78, 5) is 0. The molecule has 0 N–H and O–H groups in total. The Bertz CT molecular complexity index is 233. The quantitative estimate of drug-likeness (QED) is 0.591. The molecule has 0 saturated carbocycles. The average molecular weight is 160 g/mol. The number of allylic oxidation sites excluding steroid dienone is 2. The summed E-state index contributed by atoms with van der Waals surface area (Å²) in [5.74, 6) is 0.641. The van der Waals surface area contributed by atoms with Gasteiger partial charge in [0.2, 0.25) is 0 Å². The first-order valence-corrected chi connectivity index (χ1v) is 4.50. The lowest BCUT2D eigenvalue weighted by Crippen LogP contribution is -1.89.